The molecule has 0 heterocycles. The van der Waals surface area contributed by atoms with Crippen LogP contribution in [0.2, 0.25) is 0 Å². The van der Waals surface area contributed by atoms with Crippen molar-refractivity contribution in [2.75, 3.05) is 20.7 Å². The average Bonchev–Trinajstić information content (AvgIpc) is 2.46. The van der Waals surface area contributed by atoms with Crippen LogP contribution in [0.3, 0.4) is 0 Å². The zero-order chi connectivity index (χ0) is 19.2. The molecule has 1 aromatic carbocycles. The van der Waals surface area contributed by atoms with Crippen molar-refractivity contribution >= 4 is 16.4 Å². The van der Waals surface area contributed by atoms with Crippen LogP contribution in [-0.4, -0.2) is 49.1 Å². The van der Waals surface area contributed by atoms with Crippen LogP contribution in [0.25, 0.3) is 0 Å². The Hall–Kier alpha value is -1.74. The summed E-state index contributed by atoms with van der Waals surface area (Å²) in [4.78, 5) is 12.8. The van der Waals surface area contributed by atoms with Gasteiger partial charge in [-0.2, -0.15) is 8.42 Å². The number of hydrogen-bond acceptors (Lipinski definition) is 5. The van der Waals surface area contributed by atoms with Crippen LogP contribution >= 0.6 is 0 Å². The molecule has 0 aliphatic heterocycles. The molecule has 0 saturated carbocycles. The van der Waals surface area contributed by atoms with Crippen molar-refractivity contribution in [3.8, 4) is 0 Å². The third kappa shape index (κ3) is 20.3. The van der Waals surface area contributed by atoms with E-state index < -0.39 is 10.4 Å². The molecule has 0 spiro atoms. The number of carbonyl (C=O) groups excluding carboxylic acids is 1. The SMILES string of the molecule is CC=C(C)C(=O)OCC.CN(C)Cc1ccccc1.O=S(=O)(O)O. The molecule has 8 heteroatoms. The van der Waals surface area contributed by atoms with Crippen molar-refractivity contribution in [1.29, 1.82) is 0 Å². The molecule has 0 atom stereocenters. The Morgan fingerprint density at radius 3 is 2.00 bits per heavy atom. The lowest BCUT2D eigenvalue weighted by atomic mass is 10.2. The van der Waals surface area contributed by atoms with E-state index >= 15 is 0 Å². The molecular formula is C16H27NO6S. The van der Waals surface area contributed by atoms with Crippen molar-refractivity contribution in [2.24, 2.45) is 0 Å². The first-order valence-corrected chi connectivity index (χ1v) is 8.59. The largest absolute Gasteiger partial charge is 0.463 e. The zero-order valence-electron chi connectivity index (χ0n) is 14.8. The van der Waals surface area contributed by atoms with Crippen molar-refractivity contribution in [2.45, 2.75) is 27.3 Å². The Labute approximate surface area is 144 Å². The van der Waals surface area contributed by atoms with Crippen molar-refractivity contribution in [1.82, 2.24) is 4.90 Å². The smallest absolute Gasteiger partial charge is 0.394 e. The molecule has 24 heavy (non-hydrogen) atoms. The molecule has 0 saturated heterocycles. The maximum absolute atomic E-state index is 10.7. The van der Waals surface area contributed by atoms with Gasteiger partial charge in [0.2, 0.25) is 0 Å². The van der Waals surface area contributed by atoms with Gasteiger partial charge in [0, 0.05) is 12.1 Å². The Morgan fingerprint density at radius 1 is 1.21 bits per heavy atom. The predicted octanol–water partition coefficient (Wildman–Crippen LogP) is 2.61. The summed E-state index contributed by atoms with van der Waals surface area (Å²) < 4.78 is 36.3. The van der Waals surface area contributed by atoms with E-state index in [4.69, 9.17) is 17.5 Å². The minimum Gasteiger partial charge on any atom is -0.463 e. The molecule has 2 N–H and O–H groups in total. The minimum atomic E-state index is -4.67. The van der Waals surface area contributed by atoms with Gasteiger partial charge in [-0.1, -0.05) is 36.4 Å². The number of allylic oxidation sites excluding steroid dienone is 1. The summed E-state index contributed by atoms with van der Waals surface area (Å²) in [5, 5.41) is 0. The maximum Gasteiger partial charge on any atom is 0.394 e. The van der Waals surface area contributed by atoms with Crippen LogP contribution in [0.5, 0.6) is 0 Å². The molecule has 0 radical (unpaired) electrons. The molecule has 1 rings (SSSR count). The second-order valence-corrected chi connectivity index (χ2v) is 5.76. The van der Waals surface area contributed by atoms with Crippen molar-refractivity contribution in [3.05, 3.63) is 47.5 Å². The van der Waals surface area contributed by atoms with Gasteiger partial charge < -0.3 is 9.64 Å². The first kappa shape index (κ1) is 24.5. The molecule has 0 amide bonds. The molecule has 1 aromatic rings. The number of hydrogen-bond donors (Lipinski definition) is 2. The predicted molar refractivity (Wildman–Crippen MR) is 94.1 cm³/mol. The third-order valence-electron chi connectivity index (χ3n) is 2.37. The van der Waals surface area contributed by atoms with Gasteiger partial charge in [-0.3, -0.25) is 9.11 Å². The Morgan fingerprint density at radius 2 is 1.67 bits per heavy atom. The summed E-state index contributed by atoms with van der Waals surface area (Å²) in [7, 11) is -0.514. The van der Waals surface area contributed by atoms with Gasteiger partial charge in [-0.05, 0) is 40.4 Å². The minimum absolute atomic E-state index is 0.222. The molecule has 7 nitrogen and oxygen atoms in total. The molecule has 138 valence electrons. The lowest BCUT2D eigenvalue weighted by Gasteiger charge is -2.08. The molecule has 0 aliphatic rings. The van der Waals surface area contributed by atoms with E-state index in [1.54, 1.807) is 19.9 Å². The topological polar surface area (TPSA) is 104 Å². The number of nitrogens with zero attached hydrogens (tertiary/aromatic N) is 1. The van der Waals surface area contributed by atoms with E-state index in [0.29, 0.717) is 12.2 Å². The molecule has 0 fully saturated rings. The highest BCUT2D eigenvalue weighted by Crippen LogP contribution is 1.99. The standard InChI is InChI=1S/C9H13N.C7H12O2.H2O4S/c1-10(2)8-9-6-4-3-5-7-9;1-4-6(3)7(8)9-5-2;1-5(2,3)4/h3-7H,8H2,1-2H3;4H,5H2,1-3H3;(H2,1,2,3,4). The maximum atomic E-state index is 10.7. The summed E-state index contributed by atoms with van der Waals surface area (Å²) in [6.45, 7) is 6.82. The van der Waals surface area contributed by atoms with Crippen LogP contribution in [0.1, 0.15) is 26.3 Å². The van der Waals surface area contributed by atoms with E-state index in [1.165, 1.54) is 5.56 Å². The summed E-state index contributed by atoms with van der Waals surface area (Å²) in [5.74, 6) is -0.222. The van der Waals surface area contributed by atoms with Gasteiger partial charge in [0.25, 0.3) is 0 Å². The Balaban J connectivity index is 0. The van der Waals surface area contributed by atoms with Crippen LogP contribution in [0.4, 0.5) is 0 Å². The average molecular weight is 361 g/mol. The fraction of sp³-hybridized carbons (Fsp3) is 0.438. The van der Waals surface area contributed by atoms with Crippen molar-refractivity contribution < 1.29 is 27.1 Å². The fourth-order valence-corrected chi connectivity index (χ4v) is 1.31. The first-order valence-electron chi connectivity index (χ1n) is 7.19. The van der Waals surface area contributed by atoms with E-state index in [2.05, 4.69) is 48.0 Å². The number of rotatable bonds is 4. The molecule has 0 unspecified atom stereocenters. The monoisotopic (exact) mass is 361 g/mol. The summed E-state index contributed by atoms with van der Waals surface area (Å²) in [5.41, 5.74) is 2.03. The molecule has 0 aliphatic carbocycles. The highest BCUT2D eigenvalue weighted by molar-refractivity contribution is 7.79. The van der Waals surface area contributed by atoms with Crippen molar-refractivity contribution in [3.63, 3.8) is 0 Å². The highest BCUT2D eigenvalue weighted by atomic mass is 32.3. The number of esters is 1. The van der Waals surface area contributed by atoms with E-state index in [9.17, 15) is 4.79 Å². The Bertz CT molecular complexity index is 574. The van der Waals surface area contributed by atoms with Crippen LogP contribution in [0.15, 0.2) is 42.0 Å². The first-order chi connectivity index (χ1) is 11.0. The van der Waals surface area contributed by atoms with E-state index in [1.807, 2.05) is 13.0 Å². The number of benzene rings is 1. The molecular weight excluding hydrogens is 334 g/mol. The van der Waals surface area contributed by atoms with Gasteiger partial charge in [-0.25, -0.2) is 4.79 Å². The quantitative estimate of drug-likeness (QED) is 0.482. The molecule has 0 bridgehead atoms. The zero-order valence-corrected chi connectivity index (χ0v) is 15.6. The lowest BCUT2D eigenvalue weighted by Crippen LogP contribution is -2.10. The normalized spacial score (nSPS) is 10.9. The van der Waals surface area contributed by atoms with Gasteiger partial charge in [0.05, 0.1) is 6.61 Å². The van der Waals surface area contributed by atoms with Gasteiger partial charge >= 0.3 is 16.4 Å². The van der Waals surface area contributed by atoms with E-state index in [-0.39, 0.29) is 5.97 Å². The van der Waals surface area contributed by atoms with Crippen LogP contribution < -0.4 is 0 Å². The van der Waals surface area contributed by atoms with Crippen LogP contribution in [0, 0.1) is 0 Å². The third-order valence-corrected chi connectivity index (χ3v) is 2.37. The van der Waals surface area contributed by atoms with Crippen LogP contribution in [-0.2, 0) is 26.5 Å². The summed E-state index contributed by atoms with van der Waals surface area (Å²) in [6, 6.07) is 10.5. The van der Waals surface area contributed by atoms with Gasteiger partial charge in [0.1, 0.15) is 0 Å². The summed E-state index contributed by atoms with van der Waals surface area (Å²) >= 11 is 0. The fourth-order valence-electron chi connectivity index (χ4n) is 1.31. The van der Waals surface area contributed by atoms with E-state index in [0.717, 1.165) is 6.54 Å². The lowest BCUT2D eigenvalue weighted by molar-refractivity contribution is -0.138. The number of carbonyl (C=O) groups is 1. The second-order valence-electron chi connectivity index (χ2n) is 4.86. The summed E-state index contributed by atoms with van der Waals surface area (Å²) in [6.07, 6.45) is 1.73. The molecule has 0 aromatic heterocycles. The van der Waals surface area contributed by atoms with Gasteiger partial charge in [-0.15, -0.1) is 0 Å². The number of ether oxygens (including phenoxy) is 1. The highest BCUT2D eigenvalue weighted by Gasteiger charge is 2.00. The Kier molecular flexibility index (Phi) is 14.0. The second kappa shape index (κ2) is 13.7. The van der Waals surface area contributed by atoms with Gasteiger partial charge in [0.15, 0.2) is 0 Å².